The summed E-state index contributed by atoms with van der Waals surface area (Å²) in [5, 5.41) is 10.5. The highest BCUT2D eigenvalue weighted by Crippen LogP contribution is 2.20. The summed E-state index contributed by atoms with van der Waals surface area (Å²) in [6, 6.07) is 0.783. The molecule has 0 aromatic carbocycles. The van der Waals surface area contributed by atoms with Gasteiger partial charge in [-0.2, -0.15) is 0 Å². The number of carboxylic acids is 1. The fourth-order valence-electron chi connectivity index (χ4n) is 1.19. The molecule has 0 fully saturated rings. The van der Waals surface area contributed by atoms with Crippen molar-refractivity contribution in [2.24, 2.45) is 5.73 Å². The Morgan fingerprint density at radius 1 is 1.65 bits per heavy atom. The third-order valence-corrected chi connectivity index (χ3v) is 3.83. The Morgan fingerprint density at radius 2 is 2.29 bits per heavy atom. The van der Waals surface area contributed by atoms with Gasteiger partial charge >= 0.3 is 5.97 Å². The molecule has 17 heavy (non-hydrogen) atoms. The molecule has 1 aromatic heterocycles. The minimum Gasteiger partial charge on any atom is -0.480 e. The van der Waals surface area contributed by atoms with Gasteiger partial charge in [0.15, 0.2) is 0 Å². The average molecular weight is 321 g/mol. The highest BCUT2D eigenvalue weighted by atomic mass is 79.9. The van der Waals surface area contributed by atoms with Gasteiger partial charge < -0.3 is 15.7 Å². The van der Waals surface area contributed by atoms with Crippen LogP contribution in [0.4, 0.5) is 0 Å². The number of hydrogen-bond donors (Lipinski definition) is 2. The van der Waals surface area contributed by atoms with E-state index >= 15 is 0 Å². The summed E-state index contributed by atoms with van der Waals surface area (Å²) in [6.45, 7) is 0.460. The third kappa shape index (κ3) is 4.45. The first-order valence-corrected chi connectivity index (χ1v) is 6.52. The van der Waals surface area contributed by atoms with Gasteiger partial charge in [0.1, 0.15) is 6.04 Å². The predicted octanol–water partition coefficient (Wildman–Crippen LogP) is 1.27. The Kier molecular flexibility index (Phi) is 5.10. The number of aliphatic carboxylic acids is 1. The van der Waals surface area contributed by atoms with Gasteiger partial charge in [-0.1, -0.05) is 0 Å². The molecule has 1 amide bonds. The number of carboxylic acid groups (broad SMARTS) is 1. The van der Waals surface area contributed by atoms with Crippen molar-refractivity contribution in [3.05, 3.63) is 20.8 Å². The topological polar surface area (TPSA) is 83.6 Å². The van der Waals surface area contributed by atoms with Crippen LogP contribution < -0.4 is 5.73 Å². The first kappa shape index (κ1) is 14.1. The van der Waals surface area contributed by atoms with Crippen LogP contribution in [0, 0.1) is 0 Å². The molecule has 0 saturated heterocycles. The van der Waals surface area contributed by atoms with E-state index in [0.717, 1.165) is 9.35 Å². The van der Waals surface area contributed by atoms with Crippen molar-refractivity contribution in [3.8, 4) is 0 Å². The summed E-state index contributed by atoms with van der Waals surface area (Å²) in [7, 11) is 1.63. The highest BCUT2D eigenvalue weighted by Gasteiger charge is 2.19. The van der Waals surface area contributed by atoms with Crippen LogP contribution in [0.5, 0.6) is 0 Å². The standard InChI is InChI=1S/C10H13BrN2O3S/c1-13(4-7-2-6(11)5-17-7)9(14)3-8(12)10(15)16/h2,5,8H,3-4,12H2,1H3,(H,15,16). The van der Waals surface area contributed by atoms with Crippen molar-refractivity contribution in [2.45, 2.75) is 19.0 Å². The predicted molar refractivity (Wildman–Crippen MR) is 68.7 cm³/mol. The minimum absolute atomic E-state index is 0.182. The SMILES string of the molecule is CN(Cc1cc(Br)cs1)C(=O)CC(N)C(=O)O. The third-order valence-electron chi connectivity index (χ3n) is 2.15. The van der Waals surface area contributed by atoms with E-state index in [-0.39, 0.29) is 12.3 Å². The Hall–Kier alpha value is -0.920. The molecule has 3 N–H and O–H groups in total. The number of halogens is 1. The van der Waals surface area contributed by atoms with Crippen molar-refractivity contribution in [1.82, 2.24) is 4.90 Å². The zero-order chi connectivity index (χ0) is 13.0. The van der Waals surface area contributed by atoms with E-state index in [4.69, 9.17) is 10.8 Å². The van der Waals surface area contributed by atoms with Crippen molar-refractivity contribution in [1.29, 1.82) is 0 Å². The molecule has 0 saturated carbocycles. The van der Waals surface area contributed by atoms with Crippen molar-refractivity contribution in [3.63, 3.8) is 0 Å². The first-order valence-electron chi connectivity index (χ1n) is 4.85. The van der Waals surface area contributed by atoms with E-state index in [1.165, 1.54) is 16.2 Å². The maximum absolute atomic E-state index is 11.6. The normalized spacial score (nSPS) is 12.2. The number of carbonyl (C=O) groups is 2. The number of amides is 1. The second-order valence-electron chi connectivity index (χ2n) is 3.63. The molecule has 94 valence electrons. The lowest BCUT2D eigenvalue weighted by atomic mass is 10.2. The van der Waals surface area contributed by atoms with Gasteiger partial charge in [0, 0.05) is 21.8 Å². The molecule has 7 heteroatoms. The quantitative estimate of drug-likeness (QED) is 0.855. The van der Waals surface area contributed by atoms with Gasteiger partial charge in [-0.3, -0.25) is 9.59 Å². The average Bonchev–Trinajstić information content (AvgIpc) is 2.63. The van der Waals surface area contributed by atoms with Crippen molar-refractivity contribution < 1.29 is 14.7 Å². The van der Waals surface area contributed by atoms with Crippen LogP contribution in [0.3, 0.4) is 0 Å². The molecule has 1 heterocycles. The molecule has 5 nitrogen and oxygen atoms in total. The summed E-state index contributed by atoms with van der Waals surface area (Å²) in [5.74, 6) is -1.44. The zero-order valence-corrected chi connectivity index (χ0v) is 11.6. The van der Waals surface area contributed by atoms with Crippen molar-refractivity contribution >= 4 is 39.1 Å². The molecule has 1 unspecified atom stereocenters. The van der Waals surface area contributed by atoms with Crippen molar-refractivity contribution in [2.75, 3.05) is 7.05 Å². The molecule has 0 aliphatic rings. The van der Waals surface area contributed by atoms with Crippen LogP contribution >= 0.6 is 27.3 Å². The van der Waals surface area contributed by atoms with E-state index in [0.29, 0.717) is 6.54 Å². The Bertz CT molecular complexity index is 421. The van der Waals surface area contributed by atoms with Gasteiger partial charge in [0.25, 0.3) is 0 Å². The van der Waals surface area contributed by atoms with Gasteiger partial charge in [0.2, 0.25) is 5.91 Å². The maximum atomic E-state index is 11.6. The summed E-state index contributed by atoms with van der Waals surface area (Å²) < 4.78 is 0.973. The maximum Gasteiger partial charge on any atom is 0.321 e. The molecular formula is C10H13BrN2O3S. The fraction of sp³-hybridized carbons (Fsp3) is 0.400. The lowest BCUT2D eigenvalue weighted by Crippen LogP contribution is -2.37. The van der Waals surface area contributed by atoms with Crippen LogP contribution in [0.2, 0.25) is 0 Å². The number of rotatable bonds is 5. The van der Waals surface area contributed by atoms with Gasteiger partial charge in [-0.25, -0.2) is 0 Å². The molecule has 1 aromatic rings. The molecule has 0 bridgehead atoms. The van der Waals surface area contributed by atoms with Crippen LogP contribution in [0.15, 0.2) is 15.9 Å². The van der Waals surface area contributed by atoms with E-state index in [9.17, 15) is 9.59 Å². The molecule has 0 aliphatic carbocycles. The summed E-state index contributed by atoms with van der Waals surface area (Å²) in [5.41, 5.74) is 5.30. The highest BCUT2D eigenvalue weighted by molar-refractivity contribution is 9.10. The Balaban J connectivity index is 2.50. The number of hydrogen-bond acceptors (Lipinski definition) is 4. The number of carbonyl (C=O) groups excluding carboxylic acids is 1. The molecule has 1 atom stereocenters. The fourth-order valence-corrected chi connectivity index (χ4v) is 2.69. The van der Waals surface area contributed by atoms with Gasteiger partial charge in [0.05, 0.1) is 13.0 Å². The lowest BCUT2D eigenvalue weighted by molar-refractivity contribution is -0.142. The molecule has 0 spiro atoms. The molecule has 1 rings (SSSR count). The van der Waals surface area contributed by atoms with Gasteiger partial charge in [-0.05, 0) is 22.0 Å². The second kappa shape index (κ2) is 6.13. The summed E-state index contributed by atoms with van der Waals surface area (Å²) in [4.78, 5) is 24.7. The second-order valence-corrected chi connectivity index (χ2v) is 5.54. The summed E-state index contributed by atoms with van der Waals surface area (Å²) in [6.07, 6.45) is -0.182. The van der Waals surface area contributed by atoms with Gasteiger partial charge in [-0.15, -0.1) is 11.3 Å². The van der Waals surface area contributed by atoms with Crippen LogP contribution in [0.25, 0.3) is 0 Å². The number of thiophene rings is 1. The summed E-state index contributed by atoms with van der Waals surface area (Å²) >= 11 is 4.86. The largest absolute Gasteiger partial charge is 0.480 e. The number of nitrogens with two attached hydrogens (primary N) is 1. The van der Waals surface area contributed by atoms with Crippen LogP contribution in [-0.4, -0.2) is 35.0 Å². The Labute approximate surface area is 111 Å². The Morgan fingerprint density at radius 3 is 2.76 bits per heavy atom. The first-order chi connectivity index (χ1) is 7.90. The molecule has 0 aliphatic heterocycles. The smallest absolute Gasteiger partial charge is 0.321 e. The molecular weight excluding hydrogens is 308 g/mol. The van der Waals surface area contributed by atoms with E-state index < -0.39 is 12.0 Å². The molecule has 0 radical (unpaired) electrons. The van der Waals surface area contributed by atoms with E-state index in [1.54, 1.807) is 7.05 Å². The minimum atomic E-state index is -1.16. The zero-order valence-electron chi connectivity index (χ0n) is 9.22. The number of nitrogens with zero attached hydrogens (tertiary/aromatic N) is 1. The monoisotopic (exact) mass is 320 g/mol. The van der Waals surface area contributed by atoms with Crippen LogP contribution in [-0.2, 0) is 16.1 Å². The lowest BCUT2D eigenvalue weighted by Gasteiger charge is -2.17. The van der Waals surface area contributed by atoms with Crippen LogP contribution in [0.1, 0.15) is 11.3 Å². The van der Waals surface area contributed by atoms with E-state index in [1.807, 2.05) is 11.4 Å². The van der Waals surface area contributed by atoms with E-state index in [2.05, 4.69) is 15.9 Å².